The Kier molecular flexibility index (Phi) is 5.73. The molecule has 3 fully saturated rings. The lowest BCUT2D eigenvalue weighted by Crippen LogP contribution is -2.54. The average Bonchev–Trinajstić information content (AvgIpc) is 3.05. The molecule has 31 heavy (non-hydrogen) atoms. The standard InChI is InChI=1S/C23H30N4O4/c1-15(2)16-3-5-17(6-4-16)19(28)26-11-13-27(14-12-26)20(29)18-7-9-23(10-8-18)21(30)24-22(31)25-23/h3-6,15,18H,7-14H2,1-2H3,(H2,24,25,30,31). The number of carbonyl (C=O) groups is 4. The summed E-state index contributed by atoms with van der Waals surface area (Å²) in [6.07, 6.45) is 2.11. The fourth-order valence-corrected chi connectivity index (χ4v) is 4.82. The molecule has 1 saturated carbocycles. The van der Waals surface area contributed by atoms with E-state index in [1.54, 1.807) is 0 Å². The van der Waals surface area contributed by atoms with Crippen molar-refractivity contribution in [1.29, 1.82) is 0 Å². The molecule has 1 aromatic rings. The van der Waals surface area contributed by atoms with Crippen molar-refractivity contribution in [3.05, 3.63) is 35.4 Å². The Morgan fingerprint density at radius 3 is 2.06 bits per heavy atom. The van der Waals surface area contributed by atoms with Crippen LogP contribution in [0.1, 0.15) is 61.4 Å². The van der Waals surface area contributed by atoms with E-state index < -0.39 is 11.6 Å². The molecule has 166 valence electrons. The average molecular weight is 427 g/mol. The van der Waals surface area contributed by atoms with Crippen molar-refractivity contribution in [3.8, 4) is 0 Å². The van der Waals surface area contributed by atoms with E-state index in [9.17, 15) is 19.2 Å². The van der Waals surface area contributed by atoms with Crippen LogP contribution in [0.25, 0.3) is 0 Å². The van der Waals surface area contributed by atoms with E-state index in [4.69, 9.17) is 0 Å². The van der Waals surface area contributed by atoms with Crippen LogP contribution < -0.4 is 10.6 Å². The Labute approximate surface area is 182 Å². The molecule has 2 N–H and O–H groups in total. The fourth-order valence-electron chi connectivity index (χ4n) is 4.82. The predicted octanol–water partition coefficient (Wildman–Crippen LogP) is 1.86. The maximum atomic E-state index is 13.0. The molecule has 0 atom stereocenters. The summed E-state index contributed by atoms with van der Waals surface area (Å²) < 4.78 is 0. The van der Waals surface area contributed by atoms with Crippen molar-refractivity contribution < 1.29 is 19.2 Å². The first kappa shape index (κ1) is 21.3. The minimum absolute atomic E-state index is 0.00463. The highest BCUT2D eigenvalue weighted by atomic mass is 16.2. The summed E-state index contributed by atoms with van der Waals surface area (Å²) in [6.45, 7) is 6.33. The zero-order valence-electron chi connectivity index (χ0n) is 18.1. The largest absolute Gasteiger partial charge is 0.339 e. The monoisotopic (exact) mass is 426 g/mol. The highest BCUT2D eigenvalue weighted by Gasteiger charge is 2.49. The molecule has 2 aliphatic heterocycles. The van der Waals surface area contributed by atoms with E-state index in [0.29, 0.717) is 63.3 Å². The molecule has 0 radical (unpaired) electrons. The van der Waals surface area contributed by atoms with E-state index >= 15 is 0 Å². The fraction of sp³-hybridized carbons (Fsp3) is 0.565. The Balaban J connectivity index is 1.29. The second kappa shape index (κ2) is 8.32. The van der Waals surface area contributed by atoms with Crippen LogP contribution in [0.5, 0.6) is 0 Å². The molecule has 0 bridgehead atoms. The molecule has 2 heterocycles. The number of urea groups is 1. The minimum atomic E-state index is -0.843. The zero-order valence-corrected chi connectivity index (χ0v) is 18.1. The van der Waals surface area contributed by atoms with Crippen molar-refractivity contribution in [2.24, 2.45) is 5.92 Å². The predicted molar refractivity (Wildman–Crippen MR) is 114 cm³/mol. The number of carbonyl (C=O) groups excluding carboxylic acids is 4. The maximum Gasteiger partial charge on any atom is 0.322 e. The van der Waals surface area contributed by atoms with E-state index in [1.807, 2.05) is 34.1 Å². The van der Waals surface area contributed by atoms with Gasteiger partial charge in [-0.2, -0.15) is 0 Å². The van der Waals surface area contributed by atoms with Crippen LogP contribution in [-0.2, 0) is 9.59 Å². The zero-order chi connectivity index (χ0) is 22.2. The maximum absolute atomic E-state index is 13.0. The molecule has 1 aromatic carbocycles. The molecular formula is C23H30N4O4. The summed E-state index contributed by atoms with van der Waals surface area (Å²) in [5, 5.41) is 5.03. The van der Waals surface area contributed by atoms with Gasteiger partial charge in [0.25, 0.3) is 11.8 Å². The molecule has 1 spiro atoms. The highest BCUT2D eigenvalue weighted by Crippen LogP contribution is 2.35. The Hall–Kier alpha value is -2.90. The van der Waals surface area contributed by atoms with Crippen LogP contribution >= 0.6 is 0 Å². The number of amides is 5. The van der Waals surface area contributed by atoms with Gasteiger partial charge in [0.05, 0.1) is 0 Å². The first-order valence-electron chi connectivity index (χ1n) is 11.1. The lowest BCUT2D eigenvalue weighted by Gasteiger charge is -2.39. The topological polar surface area (TPSA) is 98.8 Å². The molecular weight excluding hydrogens is 396 g/mol. The third-order valence-electron chi connectivity index (χ3n) is 6.91. The van der Waals surface area contributed by atoms with Gasteiger partial charge in [-0.05, 0) is 49.3 Å². The third kappa shape index (κ3) is 4.16. The summed E-state index contributed by atoms with van der Waals surface area (Å²) in [4.78, 5) is 53.0. The van der Waals surface area contributed by atoms with Gasteiger partial charge in [0, 0.05) is 37.7 Å². The van der Waals surface area contributed by atoms with Crippen LogP contribution in [-0.4, -0.2) is 65.3 Å². The van der Waals surface area contributed by atoms with Gasteiger partial charge in [-0.15, -0.1) is 0 Å². The van der Waals surface area contributed by atoms with Gasteiger partial charge >= 0.3 is 6.03 Å². The third-order valence-corrected chi connectivity index (χ3v) is 6.91. The van der Waals surface area contributed by atoms with Gasteiger partial charge < -0.3 is 15.1 Å². The lowest BCUT2D eigenvalue weighted by molar-refractivity contribution is -0.139. The Bertz CT molecular complexity index is 879. The molecule has 0 aromatic heterocycles. The molecule has 1 aliphatic carbocycles. The van der Waals surface area contributed by atoms with Gasteiger partial charge in [0.1, 0.15) is 5.54 Å². The second-order valence-electron chi connectivity index (χ2n) is 9.16. The number of hydrogen-bond donors (Lipinski definition) is 2. The van der Waals surface area contributed by atoms with Crippen molar-refractivity contribution >= 4 is 23.8 Å². The van der Waals surface area contributed by atoms with Crippen LogP contribution in [0.15, 0.2) is 24.3 Å². The van der Waals surface area contributed by atoms with Gasteiger partial charge in [-0.1, -0.05) is 26.0 Å². The Morgan fingerprint density at radius 1 is 0.968 bits per heavy atom. The van der Waals surface area contributed by atoms with E-state index in [-0.39, 0.29) is 23.6 Å². The normalized spacial score (nSPS) is 26.2. The first-order valence-corrected chi connectivity index (χ1v) is 11.1. The van der Waals surface area contributed by atoms with Crippen molar-refractivity contribution in [2.75, 3.05) is 26.2 Å². The Morgan fingerprint density at radius 2 is 1.55 bits per heavy atom. The van der Waals surface area contributed by atoms with Gasteiger partial charge in [0.2, 0.25) is 5.91 Å². The van der Waals surface area contributed by atoms with Gasteiger partial charge in [-0.3, -0.25) is 19.7 Å². The summed E-state index contributed by atoms with van der Waals surface area (Å²) >= 11 is 0. The molecule has 4 rings (SSSR count). The number of piperazine rings is 1. The van der Waals surface area contributed by atoms with Crippen molar-refractivity contribution in [1.82, 2.24) is 20.4 Å². The number of imide groups is 1. The van der Waals surface area contributed by atoms with E-state index in [0.717, 1.165) is 0 Å². The van der Waals surface area contributed by atoms with Crippen molar-refractivity contribution in [2.45, 2.75) is 51.0 Å². The van der Waals surface area contributed by atoms with Crippen molar-refractivity contribution in [3.63, 3.8) is 0 Å². The summed E-state index contributed by atoms with van der Waals surface area (Å²) in [7, 11) is 0. The first-order chi connectivity index (χ1) is 14.8. The number of benzene rings is 1. The summed E-state index contributed by atoms with van der Waals surface area (Å²) in [5.74, 6) is 0.101. The number of nitrogens with zero attached hydrogens (tertiary/aromatic N) is 2. The van der Waals surface area contributed by atoms with E-state index in [2.05, 4.69) is 24.5 Å². The number of rotatable bonds is 3. The van der Waals surface area contributed by atoms with Gasteiger partial charge in [-0.25, -0.2) is 4.79 Å². The summed E-state index contributed by atoms with van der Waals surface area (Å²) in [6, 6.07) is 7.31. The molecule has 0 unspecified atom stereocenters. The SMILES string of the molecule is CC(C)c1ccc(C(=O)N2CCN(C(=O)C3CCC4(CC3)NC(=O)NC4=O)CC2)cc1. The quantitative estimate of drug-likeness (QED) is 0.721. The minimum Gasteiger partial charge on any atom is -0.339 e. The number of nitrogens with one attached hydrogen (secondary N) is 2. The van der Waals surface area contributed by atoms with Crippen LogP contribution in [0.2, 0.25) is 0 Å². The molecule has 3 aliphatic rings. The van der Waals surface area contributed by atoms with E-state index in [1.165, 1.54) is 5.56 Å². The highest BCUT2D eigenvalue weighted by molar-refractivity contribution is 6.07. The molecule has 5 amide bonds. The summed E-state index contributed by atoms with van der Waals surface area (Å²) in [5.41, 5.74) is 1.04. The smallest absolute Gasteiger partial charge is 0.322 e. The van der Waals surface area contributed by atoms with Crippen LogP contribution in [0, 0.1) is 5.92 Å². The molecule has 2 saturated heterocycles. The number of hydrogen-bond acceptors (Lipinski definition) is 4. The molecule has 8 heteroatoms. The molecule has 8 nitrogen and oxygen atoms in total. The van der Waals surface area contributed by atoms with Gasteiger partial charge in [0.15, 0.2) is 0 Å². The lowest BCUT2D eigenvalue weighted by atomic mass is 9.76. The second-order valence-corrected chi connectivity index (χ2v) is 9.16. The van der Waals surface area contributed by atoms with Crippen LogP contribution in [0.3, 0.4) is 0 Å². The van der Waals surface area contributed by atoms with Crippen LogP contribution in [0.4, 0.5) is 4.79 Å².